The fourth-order valence-corrected chi connectivity index (χ4v) is 0.544. The number of rotatable bonds is 5. The van der Waals surface area contributed by atoms with Gasteiger partial charge in [-0.2, -0.15) is 0 Å². The predicted molar refractivity (Wildman–Crippen MR) is 41.5 cm³/mol. The molecule has 3 nitrogen and oxygen atoms in total. The summed E-state index contributed by atoms with van der Waals surface area (Å²) in [5.41, 5.74) is 0. The zero-order chi connectivity index (χ0) is 8.69. The molecule has 62 valence electrons. The number of halogens is 1. The van der Waals surface area contributed by atoms with Crippen LogP contribution in [0.25, 0.3) is 0 Å². The van der Waals surface area contributed by atoms with E-state index >= 15 is 0 Å². The van der Waals surface area contributed by atoms with E-state index in [2.05, 4.69) is 0 Å². The van der Waals surface area contributed by atoms with Gasteiger partial charge in [0.15, 0.2) is 0 Å². The van der Waals surface area contributed by atoms with Crippen molar-refractivity contribution in [3.63, 3.8) is 0 Å². The molecule has 0 radical (unpaired) electrons. The first-order valence-corrected chi connectivity index (χ1v) is 3.53. The molecule has 0 aromatic rings. The highest BCUT2D eigenvalue weighted by Crippen LogP contribution is 2.00. The number of aliphatic hydroxyl groups is 1. The van der Waals surface area contributed by atoms with Crippen molar-refractivity contribution in [1.29, 1.82) is 0 Å². The summed E-state index contributed by atoms with van der Waals surface area (Å²) in [6.07, 6.45) is 3.12. The van der Waals surface area contributed by atoms with Gasteiger partial charge < -0.3 is 14.7 Å². The van der Waals surface area contributed by atoms with E-state index < -0.39 is 11.5 Å². The van der Waals surface area contributed by atoms with Crippen LogP contribution in [-0.2, 0) is 9.59 Å². The number of carbonyl (C=O) groups excluding carboxylic acids is 2. The minimum Gasteiger partial charge on any atom is -0.387 e. The van der Waals surface area contributed by atoms with Gasteiger partial charge in [-0.15, -0.1) is 11.6 Å². The number of aldehydes is 2. The first-order chi connectivity index (χ1) is 5.22. The molecule has 0 saturated heterocycles. The Labute approximate surface area is 69.7 Å². The van der Waals surface area contributed by atoms with Crippen molar-refractivity contribution in [2.24, 2.45) is 0 Å². The average molecular weight is 177 g/mol. The van der Waals surface area contributed by atoms with Gasteiger partial charge in [0.05, 0.1) is 6.10 Å². The Bertz CT molecular complexity index is 156. The van der Waals surface area contributed by atoms with Crippen molar-refractivity contribution < 1.29 is 14.7 Å². The second-order valence-electron chi connectivity index (χ2n) is 1.90. The van der Waals surface area contributed by atoms with Gasteiger partial charge >= 0.3 is 0 Å². The Morgan fingerprint density at radius 1 is 1.45 bits per heavy atom. The van der Waals surface area contributed by atoms with Crippen molar-refractivity contribution in [1.82, 2.24) is 0 Å². The average Bonchev–Trinajstić information content (AvgIpc) is 2.03. The van der Waals surface area contributed by atoms with Crippen LogP contribution >= 0.6 is 11.6 Å². The molecule has 0 aliphatic heterocycles. The van der Waals surface area contributed by atoms with Gasteiger partial charge in [0.1, 0.15) is 17.9 Å². The van der Waals surface area contributed by atoms with E-state index in [0.717, 1.165) is 0 Å². The molecule has 0 rings (SSSR count). The van der Waals surface area contributed by atoms with Crippen LogP contribution in [-0.4, -0.2) is 29.2 Å². The van der Waals surface area contributed by atoms with Gasteiger partial charge in [-0.1, -0.05) is 12.2 Å². The maximum Gasteiger partial charge on any atom is 0.140 e. The van der Waals surface area contributed by atoms with Crippen LogP contribution in [0.15, 0.2) is 12.2 Å². The van der Waals surface area contributed by atoms with Crippen LogP contribution in [0.1, 0.15) is 6.42 Å². The largest absolute Gasteiger partial charge is 0.387 e. The molecule has 0 bridgehead atoms. The minimum atomic E-state index is -1.01. The minimum absolute atomic E-state index is 0.222. The summed E-state index contributed by atoms with van der Waals surface area (Å²) in [5.74, 6) is 0. The maximum atomic E-state index is 9.98. The highest BCUT2D eigenvalue weighted by atomic mass is 35.5. The first-order valence-electron chi connectivity index (χ1n) is 3.10. The molecule has 0 spiro atoms. The summed E-state index contributed by atoms with van der Waals surface area (Å²) in [6, 6.07) is 0. The number of hydrogen-bond donors (Lipinski definition) is 1. The van der Waals surface area contributed by atoms with Gasteiger partial charge in [-0.3, -0.25) is 0 Å². The molecule has 11 heavy (non-hydrogen) atoms. The Hall–Kier alpha value is -0.670. The molecule has 0 saturated carbocycles. The molecule has 0 aromatic heterocycles. The van der Waals surface area contributed by atoms with Gasteiger partial charge in [0, 0.05) is 6.42 Å². The molecule has 2 unspecified atom stereocenters. The smallest absolute Gasteiger partial charge is 0.140 e. The highest BCUT2D eigenvalue weighted by Gasteiger charge is 2.10. The molecule has 0 aliphatic rings. The summed E-state index contributed by atoms with van der Waals surface area (Å²) in [7, 11) is 0. The molecule has 4 heteroatoms. The predicted octanol–water partition coefficient (Wildman–Crippen LogP) is 0.299. The first kappa shape index (κ1) is 10.3. The zero-order valence-corrected chi connectivity index (χ0v) is 6.57. The van der Waals surface area contributed by atoms with E-state index in [9.17, 15) is 9.59 Å². The van der Waals surface area contributed by atoms with Crippen LogP contribution in [0.5, 0.6) is 0 Å². The lowest BCUT2D eigenvalue weighted by atomic mass is 10.2. The van der Waals surface area contributed by atoms with Gasteiger partial charge in [0.25, 0.3) is 0 Å². The van der Waals surface area contributed by atoms with Gasteiger partial charge in [-0.05, 0) is 0 Å². The molecule has 1 N–H and O–H groups in total. The monoisotopic (exact) mass is 176 g/mol. The molecule has 2 atom stereocenters. The fraction of sp³-hybridized carbons (Fsp3) is 0.429. The van der Waals surface area contributed by atoms with E-state index in [-0.39, 0.29) is 6.42 Å². The van der Waals surface area contributed by atoms with E-state index in [0.29, 0.717) is 12.6 Å². The van der Waals surface area contributed by atoms with Crippen LogP contribution in [0.2, 0.25) is 0 Å². The number of allylic oxidation sites excluding steroid dienone is 1. The molecular formula is C7H9ClO3. The Balaban J connectivity index is 3.74. The zero-order valence-electron chi connectivity index (χ0n) is 5.81. The third kappa shape index (κ3) is 4.70. The van der Waals surface area contributed by atoms with Crippen molar-refractivity contribution in [2.45, 2.75) is 17.9 Å². The second-order valence-corrected chi connectivity index (χ2v) is 2.41. The Kier molecular flexibility index (Phi) is 5.70. The van der Waals surface area contributed by atoms with E-state index in [4.69, 9.17) is 16.7 Å². The lowest BCUT2D eigenvalue weighted by Crippen LogP contribution is -2.19. The maximum absolute atomic E-state index is 9.98. The second kappa shape index (κ2) is 6.07. The number of aliphatic hydroxyl groups excluding tert-OH is 1. The van der Waals surface area contributed by atoms with Crippen molar-refractivity contribution in [3.05, 3.63) is 12.2 Å². The summed E-state index contributed by atoms with van der Waals surface area (Å²) >= 11 is 5.34. The Morgan fingerprint density at radius 2 is 2.09 bits per heavy atom. The van der Waals surface area contributed by atoms with Crippen molar-refractivity contribution in [2.75, 3.05) is 0 Å². The van der Waals surface area contributed by atoms with Crippen LogP contribution in [0, 0.1) is 0 Å². The van der Waals surface area contributed by atoms with Crippen LogP contribution < -0.4 is 0 Å². The van der Waals surface area contributed by atoms with Gasteiger partial charge in [-0.25, -0.2) is 0 Å². The van der Waals surface area contributed by atoms with Gasteiger partial charge in [0.2, 0.25) is 0 Å². The Morgan fingerprint density at radius 3 is 2.55 bits per heavy atom. The summed E-state index contributed by atoms with van der Waals surface area (Å²) in [4.78, 5) is 19.8. The third-order valence-corrected chi connectivity index (χ3v) is 1.38. The summed E-state index contributed by atoms with van der Waals surface area (Å²) in [6.45, 7) is 0. The van der Waals surface area contributed by atoms with E-state index in [1.54, 1.807) is 0 Å². The SMILES string of the molecule is O=CC/C=C\C(O)C(Cl)C=O. The van der Waals surface area contributed by atoms with E-state index in [1.165, 1.54) is 12.2 Å². The molecule has 0 aromatic carbocycles. The van der Waals surface area contributed by atoms with Crippen LogP contribution in [0.3, 0.4) is 0 Å². The normalized spacial score (nSPS) is 16.2. The topological polar surface area (TPSA) is 54.4 Å². The fourth-order valence-electron chi connectivity index (χ4n) is 0.460. The third-order valence-electron chi connectivity index (χ3n) is 1.02. The highest BCUT2D eigenvalue weighted by molar-refractivity contribution is 6.28. The molecule has 0 amide bonds. The standard InChI is InChI=1S/C7H9ClO3/c8-6(5-10)7(11)3-1-2-4-9/h1,3-7,11H,2H2/b3-1-. The molecule has 0 aliphatic carbocycles. The molecular weight excluding hydrogens is 168 g/mol. The quantitative estimate of drug-likeness (QED) is 0.372. The summed E-state index contributed by atoms with van der Waals surface area (Å²) < 4.78 is 0. The van der Waals surface area contributed by atoms with Crippen LogP contribution in [0.4, 0.5) is 0 Å². The summed E-state index contributed by atoms with van der Waals surface area (Å²) in [5, 5.41) is 8.05. The lowest BCUT2D eigenvalue weighted by molar-refractivity contribution is -0.108. The molecule has 0 heterocycles. The number of hydrogen-bond acceptors (Lipinski definition) is 3. The van der Waals surface area contributed by atoms with E-state index in [1.807, 2.05) is 0 Å². The number of alkyl halides is 1. The molecule has 0 fully saturated rings. The van der Waals surface area contributed by atoms with Crippen molar-refractivity contribution >= 4 is 24.2 Å². The van der Waals surface area contributed by atoms with Crippen molar-refractivity contribution in [3.8, 4) is 0 Å². The number of carbonyl (C=O) groups is 2. The lowest BCUT2D eigenvalue weighted by Gasteiger charge is -2.04.